The summed E-state index contributed by atoms with van der Waals surface area (Å²) in [4.78, 5) is 8.19. The summed E-state index contributed by atoms with van der Waals surface area (Å²) in [6.07, 6.45) is 8.76. The van der Waals surface area contributed by atoms with Gasteiger partial charge in [0.15, 0.2) is 0 Å². The largest absolute Gasteiger partial charge is 0.383 e. The van der Waals surface area contributed by atoms with E-state index in [0.717, 1.165) is 10.3 Å². The van der Waals surface area contributed by atoms with Crippen LogP contribution in [0.4, 0.5) is 11.6 Å². The van der Waals surface area contributed by atoms with Crippen molar-refractivity contribution in [3.05, 3.63) is 10.8 Å². The number of anilines is 2. The number of rotatable bonds is 3. The maximum atomic E-state index is 5.75. The highest BCUT2D eigenvalue weighted by atomic mass is 79.9. The number of hydrogen-bond donors (Lipinski definition) is 2. The summed E-state index contributed by atoms with van der Waals surface area (Å²) in [6.45, 7) is 0. The molecule has 0 aromatic carbocycles. The van der Waals surface area contributed by atoms with E-state index in [-0.39, 0.29) is 0 Å². The molecule has 1 heterocycles. The van der Waals surface area contributed by atoms with Crippen molar-refractivity contribution in [1.29, 1.82) is 0 Å². The van der Waals surface area contributed by atoms with Gasteiger partial charge in [-0.2, -0.15) is 11.8 Å². The number of nitrogens with two attached hydrogens (primary N) is 1. The molecule has 94 valence electrons. The fourth-order valence-corrected chi connectivity index (χ4v) is 3.46. The van der Waals surface area contributed by atoms with Crippen LogP contribution in [0.1, 0.15) is 25.7 Å². The Balaban J connectivity index is 2.11. The van der Waals surface area contributed by atoms with Crippen LogP contribution in [-0.2, 0) is 0 Å². The number of aromatic nitrogens is 2. The average molecular weight is 317 g/mol. The number of halogens is 1. The lowest BCUT2D eigenvalue weighted by Crippen LogP contribution is -2.34. The lowest BCUT2D eigenvalue weighted by atomic mass is 9.95. The van der Waals surface area contributed by atoms with Gasteiger partial charge in [-0.3, -0.25) is 0 Å². The van der Waals surface area contributed by atoms with Crippen molar-refractivity contribution in [3.8, 4) is 0 Å². The van der Waals surface area contributed by atoms with Crippen LogP contribution >= 0.6 is 27.7 Å². The minimum absolute atomic E-state index is 0.476. The summed E-state index contributed by atoms with van der Waals surface area (Å²) < 4.78 is 0.769. The first-order chi connectivity index (χ1) is 8.22. The van der Waals surface area contributed by atoms with Crippen molar-refractivity contribution in [2.75, 3.05) is 17.3 Å². The third-order valence-electron chi connectivity index (χ3n) is 3.14. The molecule has 1 aromatic rings. The van der Waals surface area contributed by atoms with E-state index in [1.165, 1.54) is 32.0 Å². The van der Waals surface area contributed by atoms with E-state index in [1.807, 2.05) is 11.8 Å². The topological polar surface area (TPSA) is 63.8 Å². The van der Waals surface area contributed by atoms with E-state index >= 15 is 0 Å². The van der Waals surface area contributed by atoms with E-state index in [0.29, 0.717) is 17.1 Å². The molecule has 0 saturated heterocycles. The van der Waals surface area contributed by atoms with E-state index in [4.69, 9.17) is 5.73 Å². The molecule has 17 heavy (non-hydrogen) atoms. The van der Waals surface area contributed by atoms with E-state index in [9.17, 15) is 0 Å². The number of nitrogens with zero attached hydrogens (tertiary/aromatic N) is 2. The third kappa shape index (κ3) is 3.04. The Hall–Kier alpha value is -0.490. The third-order valence-corrected chi connectivity index (χ3v) is 5.10. The predicted molar refractivity (Wildman–Crippen MR) is 77.3 cm³/mol. The maximum Gasteiger partial charge on any atom is 0.146 e. The van der Waals surface area contributed by atoms with Crippen molar-refractivity contribution in [1.82, 2.24) is 9.97 Å². The summed E-state index contributed by atoms with van der Waals surface area (Å²) in [5, 5.41) is 4.15. The van der Waals surface area contributed by atoms with Crippen LogP contribution in [-0.4, -0.2) is 27.5 Å². The molecular formula is C11H17BrN4S. The Morgan fingerprint density at radius 2 is 2.18 bits per heavy atom. The van der Waals surface area contributed by atoms with Crippen LogP contribution in [0, 0.1) is 0 Å². The van der Waals surface area contributed by atoms with Gasteiger partial charge in [0, 0.05) is 11.3 Å². The van der Waals surface area contributed by atoms with Gasteiger partial charge in [-0.1, -0.05) is 12.8 Å². The van der Waals surface area contributed by atoms with Gasteiger partial charge in [-0.15, -0.1) is 0 Å². The first-order valence-corrected chi connectivity index (χ1v) is 7.85. The monoisotopic (exact) mass is 316 g/mol. The molecule has 1 saturated carbocycles. The zero-order chi connectivity index (χ0) is 12.3. The second kappa shape index (κ2) is 5.91. The summed E-state index contributed by atoms with van der Waals surface area (Å²) in [6, 6.07) is 0.476. The highest BCUT2D eigenvalue weighted by Gasteiger charge is 2.25. The molecule has 2 atom stereocenters. The van der Waals surface area contributed by atoms with Crippen molar-refractivity contribution >= 4 is 39.3 Å². The molecule has 0 aliphatic heterocycles. The van der Waals surface area contributed by atoms with Crippen molar-refractivity contribution in [3.63, 3.8) is 0 Å². The van der Waals surface area contributed by atoms with Crippen LogP contribution in [0.5, 0.6) is 0 Å². The van der Waals surface area contributed by atoms with Crippen LogP contribution in [0.15, 0.2) is 10.8 Å². The number of nitrogens with one attached hydrogen (secondary N) is 1. The van der Waals surface area contributed by atoms with Gasteiger partial charge in [0.25, 0.3) is 0 Å². The number of nitrogen functional groups attached to an aromatic ring is 1. The second-order valence-corrected chi connectivity index (χ2v) is 6.10. The molecule has 0 spiro atoms. The highest BCUT2D eigenvalue weighted by Crippen LogP contribution is 2.31. The van der Waals surface area contributed by atoms with Gasteiger partial charge < -0.3 is 11.1 Å². The first kappa shape index (κ1) is 13.0. The second-order valence-electron chi connectivity index (χ2n) is 4.23. The number of thioether (sulfide) groups is 1. The van der Waals surface area contributed by atoms with E-state index < -0.39 is 0 Å². The molecule has 1 fully saturated rings. The molecule has 1 aromatic heterocycles. The Morgan fingerprint density at radius 3 is 2.94 bits per heavy atom. The normalized spacial score (nSPS) is 24.6. The zero-order valence-electron chi connectivity index (χ0n) is 9.82. The van der Waals surface area contributed by atoms with Gasteiger partial charge in [0.05, 0.1) is 0 Å². The van der Waals surface area contributed by atoms with E-state index in [2.05, 4.69) is 37.5 Å². The molecule has 6 heteroatoms. The van der Waals surface area contributed by atoms with Crippen molar-refractivity contribution in [2.24, 2.45) is 0 Å². The minimum Gasteiger partial charge on any atom is -0.383 e. The van der Waals surface area contributed by atoms with Gasteiger partial charge in [-0.05, 0) is 35.0 Å². The average Bonchev–Trinajstić information content (AvgIpc) is 2.35. The maximum absolute atomic E-state index is 5.75. The molecular weight excluding hydrogens is 300 g/mol. The van der Waals surface area contributed by atoms with Gasteiger partial charge in [0.2, 0.25) is 0 Å². The molecule has 3 N–H and O–H groups in total. The predicted octanol–water partition coefficient (Wildman–Crippen LogP) is 2.91. The molecule has 0 amide bonds. The molecule has 4 nitrogen and oxygen atoms in total. The smallest absolute Gasteiger partial charge is 0.146 e. The van der Waals surface area contributed by atoms with Gasteiger partial charge >= 0.3 is 0 Å². The van der Waals surface area contributed by atoms with Gasteiger partial charge in [0.1, 0.15) is 22.4 Å². The molecule has 1 aliphatic rings. The standard InChI is InChI=1S/C11H17BrN4S/c1-17-8-5-3-2-4-7(8)16-11-9(12)10(13)14-6-15-11/h6-8H,2-5H2,1H3,(H3,13,14,15,16). The fraction of sp³-hybridized carbons (Fsp3) is 0.636. The van der Waals surface area contributed by atoms with Crippen LogP contribution in [0.2, 0.25) is 0 Å². The van der Waals surface area contributed by atoms with Crippen LogP contribution in [0.3, 0.4) is 0 Å². The first-order valence-electron chi connectivity index (χ1n) is 5.77. The zero-order valence-corrected chi connectivity index (χ0v) is 12.2. The Labute approximate surface area is 114 Å². The molecule has 2 rings (SSSR count). The van der Waals surface area contributed by atoms with Gasteiger partial charge in [-0.25, -0.2) is 9.97 Å². The van der Waals surface area contributed by atoms with Crippen molar-refractivity contribution < 1.29 is 0 Å². The number of hydrogen-bond acceptors (Lipinski definition) is 5. The summed E-state index contributed by atoms with van der Waals surface area (Å²) in [5.74, 6) is 1.29. The highest BCUT2D eigenvalue weighted by molar-refractivity contribution is 9.10. The van der Waals surface area contributed by atoms with Crippen LogP contribution < -0.4 is 11.1 Å². The summed E-state index contributed by atoms with van der Waals surface area (Å²) in [7, 11) is 0. The van der Waals surface area contributed by atoms with E-state index in [1.54, 1.807) is 0 Å². The van der Waals surface area contributed by atoms with Crippen molar-refractivity contribution in [2.45, 2.75) is 37.0 Å². The minimum atomic E-state index is 0.476. The lowest BCUT2D eigenvalue weighted by Gasteiger charge is -2.31. The lowest BCUT2D eigenvalue weighted by molar-refractivity contribution is 0.474. The fourth-order valence-electron chi connectivity index (χ4n) is 2.20. The van der Waals surface area contributed by atoms with Crippen LogP contribution in [0.25, 0.3) is 0 Å². The molecule has 2 unspecified atom stereocenters. The molecule has 1 aliphatic carbocycles. The summed E-state index contributed by atoms with van der Waals surface area (Å²) >= 11 is 5.36. The molecule has 0 bridgehead atoms. The molecule has 0 radical (unpaired) electrons. The quantitative estimate of drug-likeness (QED) is 0.897. The Kier molecular flexibility index (Phi) is 4.50. The SMILES string of the molecule is CSC1CCCCC1Nc1ncnc(N)c1Br. The Bertz CT molecular complexity index is 388. The summed E-state index contributed by atoms with van der Waals surface area (Å²) in [5.41, 5.74) is 5.75. The Morgan fingerprint density at radius 1 is 1.41 bits per heavy atom.